The standard InChI is InChI=1S/C18H14O12/c19-3-1-2-4(20)9(21)5(3)6-7(11(23)15(27)14(26)10(6)22)8-12(24)16(28)18(30)17(29)13(8)25/h1-2,19-30H. The number of hydrogen-bond donors (Lipinski definition) is 12. The zero-order chi connectivity index (χ0) is 22.7. The maximum atomic E-state index is 10.4. The van der Waals surface area contributed by atoms with Crippen molar-refractivity contribution in [2.75, 3.05) is 0 Å². The van der Waals surface area contributed by atoms with Crippen LogP contribution in [0, 0.1) is 0 Å². The summed E-state index contributed by atoms with van der Waals surface area (Å²) in [6.07, 6.45) is 0. The van der Waals surface area contributed by atoms with Gasteiger partial charge in [-0.2, -0.15) is 0 Å². The van der Waals surface area contributed by atoms with E-state index in [2.05, 4.69) is 0 Å². The van der Waals surface area contributed by atoms with Gasteiger partial charge >= 0.3 is 0 Å². The molecule has 0 aliphatic carbocycles. The van der Waals surface area contributed by atoms with Crippen molar-refractivity contribution in [2.45, 2.75) is 0 Å². The molecule has 12 heteroatoms. The van der Waals surface area contributed by atoms with Gasteiger partial charge in [-0.3, -0.25) is 0 Å². The lowest BCUT2D eigenvalue weighted by atomic mass is 9.89. The van der Waals surface area contributed by atoms with E-state index in [-0.39, 0.29) is 0 Å². The molecular weight excluding hydrogens is 408 g/mol. The molecular formula is C18H14O12. The van der Waals surface area contributed by atoms with Gasteiger partial charge in [0.25, 0.3) is 0 Å². The lowest BCUT2D eigenvalue weighted by molar-refractivity contribution is 0.329. The molecule has 0 saturated heterocycles. The van der Waals surface area contributed by atoms with Gasteiger partial charge in [-0.1, -0.05) is 0 Å². The van der Waals surface area contributed by atoms with E-state index in [1.165, 1.54) is 0 Å². The molecule has 0 aliphatic heterocycles. The summed E-state index contributed by atoms with van der Waals surface area (Å²) in [7, 11) is 0. The molecule has 0 saturated carbocycles. The summed E-state index contributed by atoms with van der Waals surface area (Å²) in [4.78, 5) is 0. The third kappa shape index (κ3) is 2.47. The summed E-state index contributed by atoms with van der Waals surface area (Å²) in [5.41, 5.74) is -3.93. The van der Waals surface area contributed by atoms with Crippen LogP contribution >= 0.6 is 0 Å². The van der Waals surface area contributed by atoms with Gasteiger partial charge in [0, 0.05) is 11.1 Å². The van der Waals surface area contributed by atoms with Crippen LogP contribution in [0.2, 0.25) is 0 Å². The van der Waals surface area contributed by atoms with E-state index in [0.717, 1.165) is 12.1 Å². The van der Waals surface area contributed by atoms with Crippen LogP contribution in [0.3, 0.4) is 0 Å². The molecule has 0 aliphatic rings. The fourth-order valence-electron chi connectivity index (χ4n) is 2.92. The number of phenolic OH excluding ortho intramolecular Hbond substituents is 12. The molecule has 3 aromatic rings. The normalized spacial score (nSPS) is 10.9. The maximum Gasteiger partial charge on any atom is 0.208 e. The minimum absolute atomic E-state index is 0.833. The fourth-order valence-corrected chi connectivity index (χ4v) is 2.92. The number of rotatable bonds is 2. The van der Waals surface area contributed by atoms with Crippen LogP contribution in [0.15, 0.2) is 12.1 Å². The molecule has 12 N–H and O–H groups in total. The lowest BCUT2D eigenvalue weighted by Gasteiger charge is -2.20. The predicted octanol–water partition coefficient (Wildman–Crippen LogP) is 1.49. The highest BCUT2D eigenvalue weighted by Crippen LogP contribution is 2.64. The van der Waals surface area contributed by atoms with Crippen LogP contribution in [0.25, 0.3) is 22.3 Å². The third-order valence-corrected chi connectivity index (χ3v) is 4.40. The van der Waals surface area contributed by atoms with Crippen molar-refractivity contribution in [1.29, 1.82) is 0 Å². The lowest BCUT2D eigenvalue weighted by Crippen LogP contribution is -1.93. The Morgan fingerprint density at radius 2 is 0.567 bits per heavy atom. The van der Waals surface area contributed by atoms with Gasteiger partial charge in [0.05, 0.1) is 11.1 Å². The van der Waals surface area contributed by atoms with Crippen LogP contribution in [0.1, 0.15) is 0 Å². The van der Waals surface area contributed by atoms with Crippen molar-refractivity contribution >= 4 is 0 Å². The summed E-state index contributed by atoms with van der Waals surface area (Å²) in [6, 6.07) is 1.68. The Kier molecular flexibility index (Phi) is 4.27. The zero-order valence-corrected chi connectivity index (χ0v) is 14.5. The molecule has 12 nitrogen and oxygen atoms in total. The molecule has 3 aromatic carbocycles. The van der Waals surface area contributed by atoms with E-state index in [1.807, 2.05) is 0 Å². The topological polar surface area (TPSA) is 243 Å². The third-order valence-electron chi connectivity index (χ3n) is 4.40. The van der Waals surface area contributed by atoms with Crippen molar-refractivity contribution in [2.24, 2.45) is 0 Å². The smallest absolute Gasteiger partial charge is 0.208 e. The van der Waals surface area contributed by atoms with Gasteiger partial charge in [-0.15, -0.1) is 0 Å². The number of hydrogen-bond acceptors (Lipinski definition) is 12. The monoisotopic (exact) mass is 422 g/mol. The Morgan fingerprint density at radius 1 is 0.267 bits per heavy atom. The van der Waals surface area contributed by atoms with Gasteiger partial charge < -0.3 is 61.3 Å². The van der Waals surface area contributed by atoms with E-state index in [1.54, 1.807) is 0 Å². The fraction of sp³-hybridized carbons (Fsp3) is 0. The van der Waals surface area contributed by atoms with Crippen molar-refractivity contribution < 1.29 is 61.3 Å². The van der Waals surface area contributed by atoms with Crippen LogP contribution in [0.4, 0.5) is 0 Å². The summed E-state index contributed by atoms with van der Waals surface area (Å²) in [6.45, 7) is 0. The first-order chi connectivity index (χ1) is 13.9. The van der Waals surface area contributed by atoms with Gasteiger partial charge in [0.1, 0.15) is 5.75 Å². The minimum atomic E-state index is -1.39. The largest absolute Gasteiger partial charge is 0.507 e. The van der Waals surface area contributed by atoms with Crippen molar-refractivity contribution in [3.8, 4) is 91.2 Å². The van der Waals surface area contributed by atoms with Crippen molar-refractivity contribution in [3.63, 3.8) is 0 Å². The highest BCUT2D eigenvalue weighted by atomic mass is 16.4. The molecule has 0 spiro atoms. The van der Waals surface area contributed by atoms with Crippen molar-refractivity contribution in [1.82, 2.24) is 0 Å². The predicted molar refractivity (Wildman–Crippen MR) is 97.3 cm³/mol. The highest BCUT2D eigenvalue weighted by molar-refractivity contribution is 6.03. The van der Waals surface area contributed by atoms with Gasteiger partial charge in [-0.05, 0) is 12.1 Å². The first-order valence-electron chi connectivity index (χ1n) is 7.84. The molecule has 0 fully saturated rings. The summed E-state index contributed by atoms with van der Waals surface area (Å²) >= 11 is 0. The molecule has 0 heterocycles. The molecule has 3 rings (SSSR count). The first kappa shape index (κ1) is 20.0. The Labute approximate surface area is 165 Å². The second kappa shape index (κ2) is 6.41. The molecule has 158 valence electrons. The Morgan fingerprint density at radius 3 is 1.00 bits per heavy atom. The molecule has 0 atom stereocenters. The van der Waals surface area contributed by atoms with E-state index in [0.29, 0.717) is 0 Å². The Balaban J connectivity index is 2.65. The van der Waals surface area contributed by atoms with E-state index >= 15 is 0 Å². The SMILES string of the molecule is Oc1ccc(O)c(-c2c(O)c(O)c(O)c(O)c2-c2c(O)c(O)c(O)c(O)c2O)c1O. The van der Waals surface area contributed by atoms with Gasteiger partial charge in [-0.25, -0.2) is 0 Å². The van der Waals surface area contributed by atoms with Gasteiger partial charge in [0.15, 0.2) is 34.5 Å². The summed E-state index contributed by atoms with van der Waals surface area (Å²) < 4.78 is 0. The minimum Gasteiger partial charge on any atom is -0.507 e. The second-order valence-corrected chi connectivity index (χ2v) is 6.09. The second-order valence-electron chi connectivity index (χ2n) is 6.09. The number of phenols is 12. The number of benzene rings is 3. The molecule has 0 aromatic heterocycles. The van der Waals surface area contributed by atoms with Crippen molar-refractivity contribution in [3.05, 3.63) is 12.1 Å². The van der Waals surface area contributed by atoms with Crippen LogP contribution in [-0.2, 0) is 0 Å². The molecule has 0 radical (unpaired) electrons. The summed E-state index contributed by atoms with van der Waals surface area (Å²) in [5.74, 6) is -15.1. The van der Waals surface area contributed by atoms with Crippen LogP contribution in [-0.4, -0.2) is 61.3 Å². The quantitative estimate of drug-likeness (QED) is 0.207. The number of aromatic hydroxyl groups is 12. The highest BCUT2D eigenvalue weighted by Gasteiger charge is 2.34. The summed E-state index contributed by atoms with van der Waals surface area (Å²) in [5, 5.41) is 120. The van der Waals surface area contributed by atoms with Crippen LogP contribution in [0.5, 0.6) is 69.0 Å². The molecule has 0 amide bonds. The van der Waals surface area contributed by atoms with E-state index < -0.39 is 91.2 Å². The zero-order valence-electron chi connectivity index (χ0n) is 14.5. The van der Waals surface area contributed by atoms with Gasteiger partial charge in [0.2, 0.25) is 28.7 Å². The van der Waals surface area contributed by atoms with Crippen LogP contribution < -0.4 is 0 Å². The molecule has 0 unspecified atom stereocenters. The van der Waals surface area contributed by atoms with E-state index in [4.69, 9.17) is 0 Å². The first-order valence-corrected chi connectivity index (χ1v) is 7.84. The Hall–Kier alpha value is -4.74. The molecule has 30 heavy (non-hydrogen) atoms. The average Bonchev–Trinajstić information content (AvgIpc) is 2.71. The average molecular weight is 422 g/mol. The van der Waals surface area contributed by atoms with E-state index in [9.17, 15) is 61.3 Å². The molecule has 0 bridgehead atoms. The Bertz CT molecular complexity index is 1190. The maximum absolute atomic E-state index is 10.4.